The number of aromatic nitrogens is 4. The summed E-state index contributed by atoms with van der Waals surface area (Å²) in [5, 5.41) is 16.2. The fraction of sp³-hybridized carbons (Fsp3) is 0.533. The van der Waals surface area contributed by atoms with Crippen molar-refractivity contribution >= 4 is 0 Å². The first-order valence-corrected chi connectivity index (χ1v) is 7.22. The lowest BCUT2D eigenvalue weighted by Gasteiger charge is -2.11. The molecule has 0 aliphatic rings. The van der Waals surface area contributed by atoms with Gasteiger partial charge < -0.3 is 5.32 Å². The highest BCUT2D eigenvalue weighted by molar-refractivity contribution is 5.52. The fourth-order valence-corrected chi connectivity index (χ4v) is 1.93. The van der Waals surface area contributed by atoms with E-state index in [9.17, 15) is 0 Å². The van der Waals surface area contributed by atoms with Gasteiger partial charge in [-0.3, -0.25) is 0 Å². The van der Waals surface area contributed by atoms with Crippen LogP contribution in [0.5, 0.6) is 0 Å². The van der Waals surface area contributed by atoms with Crippen molar-refractivity contribution in [3.8, 4) is 11.4 Å². The third-order valence-corrected chi connectivity index (χ3v) is 3.15. The zero-order valence-electron chi connectivity index (χ0n) is 12.5. The van der Waals surface area contributed by atoms with Gasteiger partial charge in [-0.2, -0.15) is 4.80 Å². The van der Waals surface area contributed by atoms with Gasteiger partial charge in [0.1, 0.15) is 0 Å². The molecule has 1 atom stereocenters. The van der Waals surface area contributed by atoms with Crippen LogP contribution in [-0.4, -0.2) is 33.3 Å². The van der Waals surface area contributed by atoms with Crippen molar-refractivity contribution in [2.45, 2.75) is 33.2 Å². The molecular weight excluding hydrogens is 250 g/mol. The van der Waals surface area contributed by atoms with E-state index in [0.717, 1.165) is 25.1 Å². The maximum Gasteiger partial charge on any atom is 0.204 e. The van der Waals surface area contributed by atoms with E-state index >= 15 is 0 Å². The summed E-state index contributed by atoms with van der Waals surface area (Å²) >= 11 is 0. The van der Waals surface area contributed by atoms with Crippen molar-refractivity contribution in [2.24, 2.45) is 5.92 Å². The normalized spacial score (nSPS) is 12.8. The van der Waals surface area contributed by atoms with Crippen molar-refractivity contribution in [1.82, 2.24) is 25.5 Å². The summed E-state index contributed by atoms with van der Waals surface area (Å²) in [4.78, 5) is 1.71. The molecule has 0 aliphatic carbocycles. The van der Waals surface area contributed by atoms with E-state index in [1.165, 1.54) is 0 Å². The Bertz CT molecular complexity index is 506. The number of benzene rings is 1. The summed E-state index contributed by atoms with van der Waals surface area (Å²) < 4.78 is 0. The predicted octanol–water partition coefficient (Wildman–Crippen LogP) is 2.54. The van der Waals surface area contributed by atoms with Gasteiger partial charge in [0.25, 0.3) is 0 Å². The minimum absolute atomic E-state index is 0.250. The van der Waals surface area contributed by atoms with Crippen molar-refractivity contribution in [2.75, 3.05) is 13.1 Å². The van der Waals surface area contributed by atoms with Crippen LogP contribution in [0, 0.1) is 5.92 Å². The van der Waals surface area contributed by atoms with Gasteiger partial charge in [0.2, 0.25) is 5.82 Å². The van der Waals surface area contributed by atoms with Crippen molar-refractivity contribution in [1.29, 1.82) is 0 Å². The molecule has 1 heterocycles. The number of hydrogen-bond donors (Lipinski definition) is 1. The molecule has 0 saturated heterocycles. The summed E-state index contributed by atoms with van der Waals surface area (Å²) in [7, 11) is 0. The first-order chi connectivity index (χ1) is 9.66. The van der Waals surface area contributed by atoms with Crippen LogP contribution in [0.4, 0.5) is 0 Å². The number of nitrogens with zero attached hydrogens (tertiary/aromatic N) is 4. The summed E-state index contributed by atoms with van der Waals surface area (Å²) in [5.74, 6) is 1.37. The number of nitrogens with one attached hydrogen (secondary N) is 1. The molecule has 2 rings (SSSR count). The molecule has 5 heteroatoms. The van der Waals surface area contributed by atoms with Gasteiger partial charge in [-0.15, -0.1) is 10.2 Å². The Hall–Kier alpha value is -1.75. The van der Waals surface area contributed by atoms with E-state index in [1.54, 1.807) is 4.80 Å². The maximum atomic E-state index is 4.46. The first-order valence-electron chi connectivity index (χ1n) is 7.22. The average Bonchev–Trinajstić information content (AvgIpc) is 2.94. The summed E-state index contributed by atoms with van der Waals surface area (Å²) in [6, 6.07) is 10.2. The zero-order chi connectivity index (χ0) is 14.4. The number of hydrogen-bond acceptors (Lipinski definition) is 4. The molecule has 0 spiro atoms. The van der Waals surface area contributed by atoms with Gasteiger partial charge in [-0.05, 0) is 37.6 Å². The van der Waals surface area contributed by atoms with Gasteiger partial charge in [-0.25, -0.2) is 0 Å². The Balaban J connectivity index is 1.88. The molecule has 1 unspecified atom stereocenters. The van der Waals surface area contributed by atoms with Crippen molar-refractivity contribution in [3.05, 3.63) is 30.3 Å². The molecule has 1 N–H and O–H groups in total. The van der Waals surface area contributed by atoms with Crippen LogP contribution in [0.1, 0.15) is 33.2 Å². The van der Waals surface area contributed by atoms with Gasteiger partial charge in [0, 0.05) is 5.56 Å². The van der Waals surface area contributed by atoms with E-state index in [-0.39, 0.29) is 6.04 Å². The molecule has 0 bridgehead atoms. The Kier molecular flexibility index (Phi) is 5.24. The monoisotopic (exact) mass is 273 g/mol. The Morgan fingerprint density at radius 2 is 1.90 bits per heavy atom. The van der Waals surface area contributed by atoms with Crippen LogP contribution in [-0.2, 0) is 0 Å². The van der Waals surface area contributed by atoms with E-state index in [1.807, 2.05) is 30.3 Å². The minimum atomic E-state index is 0.250. The van der Waals surface area contributed by atoms with Crippen LogP contribution in [0.2, 0.25) is 0 Å². The van der Waals surface area contributed by atoms with E-state index in [0.29, 0.717) is 11.7 Å². The molecule has 1 aromatic carbocycles. The van der Waals surface area contributed by atoms with Gasteiger partial charge in [0.05, 0.1) is 6.04 Å². The lowest BCUT2D eigenvalue weighted by atomic mass is 10.2. The molecule has 20 heavy (non-hydrogen) atoms. The Morgan fingerprint density at radius 3 is 2.60 bits per heavy atom. The second kappa shape index (κ2) is 7.14. The van der Waals surface area contributed by atoms with Gasteiger partial charge in [-0.1, -0.05) is 44.2 Å². The summed E-state index contributed by atoms with van der Waals surface area (Å²) in [5.41, 5.74) is 1.00. The second-order valence-corrected chi connectivity index (χ2v) is 5.54. The molecule has 5 nitrogen and oxygen atoms in total. The molecule has 1 aromatic heterocycles. The third-order valence-electron chi connectivity index (χ3n) is 3.15. The number of tetrazole rings is 1. The van der Waals surface area contributed by atoms with Crippen LogP contribution >= 0.6 is 0 Å². The van der Waals surface area contributed by atoms with Crippen molar-refractivity contribution < 1.29 is 0 Å². The first kappa shape index (κ1) is 14.7. The standard InChI is InChI=1S/C15H23N5/c1-12(2)11-16-10-9-13(3)20-18-15(17-19-20)14-7-5-4-6-8-14/h4-8,12-13,16H,9-11H2,1-3H3. The molecular formula is C15H23N5. The molecule has 0 aliphatic heterocycles. The van der Waals surface area contributed by atoms with Crippen LogP contribution in [0.3, 0.4) is 0 Å². The fourth-order valence-electron chi connectivity index (χ4n) is 1.93. The quantitative estimate of drug-likeness (QED) is 0.788. The van der Waals surface area contributed by atoms with Crippen LogP contribution < -0.4 is 5.32 Å². The third kappa shape index (κ3) is 4.13. The predicted molar refractivity (Wildman–Crippen MR) is 80.3 cm³/mol. The highest BCUT2D eigenvalue weighted by atomic mass is 15.6. The van der Waals surface area contributed by atoms with Crippen LogP contribution in [0.15, 0.2) is 30.3 Å². The maximum absolute atomic E-state index is 4.46. The Morgan fingerprint density at radius 1 is 1.15 bits per heavy atom. The van der Waals surface area contributed by atoms with E-state index in [4.69, 9.17) is 0 Å². The minimum Gasteiger partial charge on any atom is -0.316 e. The molecule has 2 aromatic rings. The second-order valence-electron chi connectivity index (χ2n) is 5.54. The largest absolute Gasteiger partial charge is 0.316 e. The lowest BCUT2D eigenvalue weighted by molar-refractivity contribution is 0.388. The highest BCUT2D eigenvalue weighted by Crippen LogP contribution is 2.14. The van der Waals surface area contributed by atoms with Gasteiger partial charge >= 0.3 is 0 Å². The molecule has 0 fully saturated rings. The smallest absolute Gasteiger partial charge is 0.204 e. The average molecular weight is 273 g/mol. The van der Waals surface area contributed by atoms with E-state index < -0.39 is 0 Å². The number of rotatable bonds is 7. The summed E-state index contributed by atoms with van der Waals surface area (Å²) in [6.07, 6.45) is 0.997. The highest BCUT2D eigenvalue weighted by Gasteiger charge is 2.10. The molecule has 0 radical (unpaired) electrons. The van der Waals surface area contributed by atoms with Crippen molar-refractivity contribution in [3.63, 3.8) is 0 Å². The molecule has 0 amide bonds. The SMILES string of the molecule is CC(C)CNCCC(C)n1nnc(-c2ccccc2)n1. The Labute approximate surface area is 120 Å². The molecule has 108 valence electrons. The van der Waals surface area contributed by atoms with E-state index in [2.05, 4.69) is 41.5 Å². The molecule has 0 saturated carbocycles. The lowest BCUT2D eigenvalue weighted by Crippen LogP contribution is -2.23. The van der Waals surface area contributed by atoms with Gasteiger partial charge in [0.15, 0.2) is 0 Å². The topological polar surface area (TPSA) is 55.6 Å². The van der Waals surface area contributed by atoms with Crippen LogP contribution in [0.25, 0.3) is 11.4 Å². The summed E-state index contributed by atoms with van der Waals surface area (Å²) in [6.45, 7) is 8.56. The zero-order valence-corrected chi connectivity index (χ0v) is 12.5.